The lowest BCUT2D eigenvalue weighted by Crippen LogP contribution is -2.17. The molecule has 0 saturated heterocycles. The minimum atomic E-state index is 0.934. The molecule has 1 rings (SSSR count). The molecule has 0 spiro atoms. The summed E-state index contributed by atoms with van der Waals surface area (Å²) < 4.78 is 0. The Bertz CT molecular complexity index is 105. The van der Waals surface area contributed by atoms with Gasteiger partial charge in [0, 0.05) is 19.8 Å². The molecule has 1 aliphatic heterocycles. The summed E-state index contributed by atoms with van der Waals surface area (Å²) in [5.74, 6) is 0. The summed E-state index contributed by atoms with van der Waals surface area (Å²) in [4.78, 5) is 5.64. The lowest BCUT2D eigenvalue weighted by atomic mass is 10.5. The van der Waals surface area contributed by atoms with Gasteiger partial charge in [-0.15, -0.1) is 0 Å². The van der Waals surface area contributed by atoms with Gasteiger partial charge in [0.05, 0.1) is 0 Å². The Labute approximate surface area is 43.2 Å². The third-order valence-electron chi connectivity index (χ3n) is 0.788. The first-order valence-corrected chi connectivity index (χ1v) is 2.21. The zero-order chi connectivity index (χ0) is 5.11. The normalized spacial score (nSPS) is 18.1. The van der Waals surface area contributed by atoms with Gasteiger partial charge in [-0.1, -0.05) is 0 Å². The van der Waals surface area contributed by atoms with Crippen molar-refractivity contribution in [3.63, 3.8) is 0 Å². The van der Waals surface area contributed by atoms with Crippen LogP contribution in [0.3, 0.4) is 0 Å². The van der Waals surface area contributed by atoms with Crippen LogP contribution in [0, 0.1) is 0 Å². The Hall–Kier alpha value is -0.790. The van der Waals surface area contributed by atoms with Crippen LogP contribution in [0.4, 0.5) is 0 Å². The molecule has 0 atom stereocenters. The number of aliphatic imine (C=N–C) groups is 1. The Kier molecular flexibility index (Phi) is 1.11. The van der Waals surface area contributed by atoms with Gasteiger partial charge in [0.25, 0.3) is 0 Å². The number of rotatable bonds is 0. The first kappa shape index (κ1) is 4.37. The number of hydrogen-bond acceptors (Lipinski definition) is 2. The minimum Gasteiger partial charge on any atom is -0.353 e. The number of likely N-dealkylation sites (N-methyl/N-ethyl adjacent to an activating group) is 1. The highest BCUT2D eigenvalue weighted by molar-refractivity contribution is 5.56. The molecule has 1 aliphatic rings. The van der Waals surface area contributed by atoms with E-state index in [0.717, 1.165) is 6.54 Å². The van der Waals surface area contributed by atoms with Crippen molar-refractivity contribution in [1.82, 2.24) is 4.90 Å². The Balaban J connectivity index is 2.49. The lowest BCUT2D eigenvalue weighted by Gasteiger charge is -2.08. The van der Waals surface area contributed by atoms with Crippen molar-refractivity contribution in [3.8, 4) is 0 Å². The molecule has 0 amide bonds. The van der Waals surface area contributed by atoms with Crippen molar-refractivity contribution < 1.29 is 0 Å². The van der Waals surface area contributed by atoms with Crippen molar-refractivity contribution in [3.05, 3.63) is 12.3 Å². The largest absolute Gasteiger partial charge is 0.353 e. The number of nitrogens with zero attached hydrogens (tertiary/aromatic N) is 2. The lowest BCUT2D eigenvalue weighted by molar-refractivity contribution is 0.574. The average Bonchev–Trinajstić information content (AvgIpc) is 1.69. The highest BCUT2D eigenvalue weighted by Crippen LogP contribution is 1.86. The molecule has 1 radical (unpaired) electrons. The smallest absolute Gasteiger partial charge is 0.171 e. The molecule has 0 saturated carbocycles. The van der Waals surface area contributed by atoms with Crippen molar-refractivity contribution in [2.75, 3.05) is 13.6 Å². The van der Waals surface area contributed by atoms with Crippen LogP contribution in [0.5, 0.6) is 0 Å². The first-order chi connectivity index (χ1) is 3.39. The monoisotopic (exact) mass is 95.1 g/mol. The average molecular weight is 95.1 g/mol. The van der Waals surface area contributed by atoms with E-state index >= 15 is 0 Å². The van der Waals surface area contributed by atoms with Crippen LogP contribution in [0.2, 0.25) is 0 Å². The van der Waals surface area contributed by atoms with E-state index < -0.39 is 0 Å². The van der Waals surface area contributed by atoms with Crippen LogP contribution in [-0.2, 0) is 0 Å². The van der Waals surface area contributed by atoms with Gasteiger partial charge in [-0.25, -0.2) is 4.99 Å². The van der Waals surface area contributed by atoms with Gasteiger partial charge in [0.2, 0.25) is 0 Å². The van der Waals surface area contributed by atoms with Crippen LogP contribution in [0.1, 0.15) is 0 Å². The summed E-state index contributed by atoms with van der Waals surface area (Å²) in [6.45, 7) is 0.934. The SMILES string of the molecule is CN1[C]=NC=CC1. The van der Waals surface area contributed by atoms with Gasteiger partial charge in [-0.05, 0) is 6.08 Å². The second-order valence-electron chi connectivity index (χ2n) is 1.49. The van der Waals surface area contributed by atoms with Crippen molar-refractivity contribution in [2.45, 2.75) is 0 Å². The molecule has 0 N–H and O–H groups in total. The molecule has 37 valence electrons. The molecule has 0 unspecified atom stereocenters. The molecule has 2 nitrogen and oxygen atoms in total. The van der Waals surface area contributed by atoms with Crippen LogP contribution < -0.4 is 0 Å². The Morgan fingerprint density at radius 3 is 3.00 bits per heavy atom. The predicted molar refractivity (Wildman–Crippen MR) is 29.2 cm³/mol. The summed E-state index contributed by atoms with van der Waals surface area (Å²) >= 11 is 0. The van der Waals surface area contributed by atoms with E-state index in [4.69, 9.17) is 0 Å². The molecule has 1 heterocycles. The van der Waals surface area contributed by atoms with E-state index in [1.54, 1.807) is 6.20 Å². The topological polar surface area (TPSA) is 15.6 Å². The van der Waals surface area contributed by atoms with Gasteiger partial charge < -0.3 is 4.90 Å². The number of hydrogen-bond donors (Lipinski definition) is 0. The van der Waals surface area contributed by atoms with E-state index in [1.807, 2.05) is 18.0 Å². The molecule has 0 aliphatic carbocycles. The molecule has 0 bridgehead atoms. The maximum Gasteiger partial charge on any atom is 0.171 e. The molecule has 0 aromatic heterocycles. The zero-order valence-corrected chi connectivity index (χ0v) is 4.26. The summed E-state index contributed by atoms with van der Waals surface area (Å²) in [6.07, 6.45) is 6.49. The third-order valence-corrected chi connectivity index (χ3v) is 0.788. The molecule has 0 aromatic rings. The van der Waals surface area contributed by atoms with Gasteiger partial charge in [0.15, 0.2) is 6.34 Å². The van der Waals surface area contributed by atoms with E-state index in [0.29, 0.717) is 0 Å². The van der Waals surface area contributed by atoms with E-state index in [1.165, 1.54) is 0 Å². The fraction of sp³-hybridized carbons (Fsp3) is 0.400. The van der Waals surface area contributed by atoms with Crippen molar-refractivity contribution >= 4 is 6.34 Å². The van der Waals surface area contributed by atoms with E-state index in [-0.39, 0.29) is 0 Å². The summed E-state index contributed by atoms with van der Waals surface area (Å²) in [5, 5.41) is 0. The van der Waals surface area contributed by atoms with Crippen LogP contribution >= 0.6 is 0 Å². The minimum absolute atomic E-state index is 0.934. The maximum absolute atomic E-state index is 3.75. The second kappa shape index (κ2) is 1.78. The Morgan fingerprint density at radius 2 is 2.71 bits per heavy atom. The summed E-state index contributed by atoms with van der Waals surface area (Å²) in [5.41, 5.74) is 0. The van der Waals surface area contributed by atoms with E-state index in [9.17, 15) is 0 Å². The quantitative estimate of drug-likeness (QED) is 0.424. The maximum atomic E-state index is 3.75. The van der Waals surface area contributed by atoms with Crippen molar-refractivity contribution in [1.29, 1.82) is 0 Å². The fourth-order valence-corrected chi connectivity index (χ4v) is 0.431. The van der Waals surface area contributed by atoms with Crippen LogP contribution in [0.25, 0.3) is 0 Å². The molecular formula is C5H7N2. The summed E-state index contributed by atoms with van der Waals surface area (Å²) in [7, 11) is 1.94. The molecular weight excluding hydrogens is 88.1 g/mol. The molecule has 0 aromatic carbocycles. The van der Waals surface area contributed by atoms with Gasteiger partial charge >= 0.3 is 0 Å². The Morgan fingerprint density at radius 1 is 1.86 bits per heavy atom. The van der Waals surface area contributed by atoms with Crippen molar-refractivity contribution in [2.24, 2.45) is 4.99 Å². The van der Waals surface area contributed by atoms with Gasteiger partial charge in [-0.2, -0.15) is 0 Å². The van der Waals surface area contributed by atoms with Crippen LogP contribution in [0.15, 0.2) is 17.3 Å². The first-order valence-electron chi connectivity index (χ1n) is 2.21. The van der Waals surface area contributed by atoms with Gasteiger partial charge in [-0.3, -0.25) is 0 Å². The second-order valence-corrected chi connectivity index (χ2v) is 1.49. The predicted octanol–water partition coefficient (Wildman–Crippen LogP) is 0.351. The van der Waals surface area contributed by atoms with Gasteiger partial charge in [0.1, 0.15) is 0 Å². The highest BCUT2D eigenvalue weighted by Gasteiger charge is 1.89. The van der Waals surface area contributed by atoms with E-state index in [2.05, 4.69) is 11.3 Å². The molecule has 7 heavy (non-hydrogen) atoms. The molecule has 2 heteroatoms. The third kappa shape index (κ3) is 1.03. The van der Waals surface area contributed by atoms with Crippen LogP contribution in [-0.4, -0.2) is 24.8 Å². The fourth-order valence-electron chi connectivity index (χ4n) is 0.431. The summed E-state index contributed by atoms with van der Waals surface area (Å²) in [6, 6.07) is 0. The highest BCUT2D eigenvalue weighted by atomic mass is 15.1. The zero-order valence-electron chi connectivity index (χ0n) is 4.26. The standard InChI is InChI=1S/C5H7N2/c1-7-4-2-3-6-5-7/h2-3H,4H2,1H3. The molecule has 0 fully saturated rings.